The van der Waals surface area contributed by atoms with E-state index in [4.69, 9.17) is 10.7 Å². The molecule has 0 aliphatic heterocycles. The van der Waals surface area contributed by atoms with E-state index in [-0.39, 0.29) is 0 Å². The normalized spacial score (nSPS) is 10.8. The Bertz CT molecular complexity index is 961. The first-order valence-electron chi connectivity index (χ1n) is 7.62. The van der Waals surface area contributed by atoms with Crippen LogP contribution in [0.3, 0.4) is 0 Å². The number of fused-ring (bicyclic) bond motifs is 1. The molecule has 0 spiro atoms. The van der Waals surface area contributed by atoms with Crippen LogP contribution in [0.5, 0.6) is 0 Å². The number of anilines is 1. The smallest absolute Gasteiger partial charge is 0.0788 e. The maximum Gasteiger partial charge on any atom is 0.0788 e. The van der Waals surface area contributed by atoms with Gasteiger partial charge in [0.2, 0.25) is 0 Å². The van der Waals surface area contributed by atoms with E-state index in [0.29, 0.717) is 0 Å². The fraction of sp³-hybridized carbons (Fsp3) is 0. The predicted octanol–water partition coefficient (Wildman–Crippen LogP) is 5.15. The van der Waals surface area contributed by atoms with E-state index in [0.717, 1.165) is 39.0 Å². The van der Waals surface area contributed by atoms with E-state index >= 15 is 0 Å². The van der Waals surface area contributed by atoms with Crippen LogP contribution in [0.4, 0.5) is 5.69 Å². The molecular formula is C21H16N2. The topological polar surface area (TPSA) is 38.9 Å². The van der Waals surface area contributed by atoms with Crippen molar-refractivity contribution in [3.63, 3.8) is 0 Å². The van der Waals surface area contributed by atoms with Crippen LogP contribution < -0.4 is 5.73 Å². The minimum absolute atomic E-state index is 0.755. The summed E-state index contributed by atoms with van der Waals surface area (Å²) in [6.45, 7) is 0. The number of hydrogen-bond acceptors (Lipinski definition) is 2. The standard InChI is InChI=1S/C21H16N2/c22-18-11-12-20-17(13-18)14-19(15-7-3-1-4-8-15)21(23-20)16-9-5-2-6-10-16/h1-14H,22H2. The number of nitrogens with zero attached hydrogens (tertiary/aromatic N) is 1. The number of aromatic nitrogens is 1. The van der Waals surface area contributed by atoms with Gasteiger partial charge in [0.25, 0.3) is 0 Å². The van der Waals surface area contributed by atoms with Crippen molar-refractivity contribution >= 4 is 16.6 Å². The Kier molecular flexibility index (Phi) is 3.28. The molecule has 4 rings (SSSR count). The van der Waals surface area contributed by atoms with Crippen LogP contribution in [-0.2, 0) is 0 Å². The number of benzene rings is 3. The van der Waals surface area contributed by atoms with E-state index in [9.17, 15) is 0 Å². The molecule has 2 nitrogen and oxygen atoms in total. The lowest BCUT2D eigenvalue weighted by Gasteiger charge is -2.12. The van der Waals surface area contributed by atoms with Crippen molar-refractivity contribution in [2.24, 2.45) is 0 Å². The third kappa shape index (κ3) is 2.55. The molecule has 0 radical (unpaired) electrons. The highest BCUT2D eigenvalue weighted by atomic mass is 14.7. The molecule has 1 heterocycles. The molecule has 2 N–H and O–H groups in total. The van der Waals surface area contributed by atoms with Crippen molar-refractivity contribution in [3.8, 4) is 22.4 Å². The van der Waals surface area contributed by atoms with Gasteiger partial charge in [-0.3, -0.25) is 0 Å². The molecule has 2 heteroatoms. The zero-order chi connectivity index (χ0) is 15.6. The monoisotopic (exact) mass is 296 g/mol. The van der Waals surface area contributed by atoms with Crippen LogP contribution in [0.25, 0.3) is 33.3 Å². The molecule has 0 fully saturated rings. The van der Waals surface area contributed by atoms with Crippen molar-refractivity contribution in [1.82, 2.24) is 4.98 Å². The summed E-state index contributed by atoms with van der Waals surface area (Å²) in [4.78, 5) is 4.91. The Morgan fingerprint density at radius 3 is 2.00 bits per heavy atom. The molecule has 4 aromatic rings. The molecule has 1 aromatic heterocycles. The maximum absolute atomic E-state index is 5.93. The molecule has 23 heavy (non-hydrogen) atoms. The number of nitrogens with two attached hydrogens (primary N) is 1. The van der Waals surface area contributed by atoms with Gasteiger partial charge in [-0.15, -0.1) is 0 Å². The minimum Gasteiger partial charge on any atom is -0.399 e. The summed E-state index contributed by atoms with van der Waals surface area (Å²) in [5.74, 6) is 0. The van der Waals surface area contributed by atoms with E-state index in [1.807, 2.05) is 54.6 Å². The van der Waals surface area contributed by atoms with Crippen molar-refractivity contribution in [3.05, 3.63) is 84.9 Å². The second-order valence-electron chi connectivity index (χ2n) is 5.57. The van der Waals surface area contributed by atoms with Gasteiger partial charge in [-0.2, -0.15) is 0 Å². The highest BCUT2D eigenvalue weighted by molar-refractivity contribution is 5.92. The predicted molar refractivity (Wildman–Crippen MR) is 97.0 cm³/mol. The molecule has 0 atom stereocenters. The lowest BCUT2D eigenvalue weighted by Crippen LogP contribution is -1.92. The number of hydrogen-bond donors (Lipinski definition) is 1. The summed E-state index contributed by atoms with van der Waals surface area (Å²) in [5.41, 5.74) is 12.0. The molecule has 0 aliphatic carbocycles. The van der Waals surface area contributed by atoms with Gasteiger partial charge in [-0.25, -0.2) is 4.98 Å². The number of pyridine rings is 1. The highest BCUT2D eigenvalue weighted by Crippen LogP contribution is 2.33. The van der Waals surface area contributed by atoms with Crippen molar-refractivity contribution in [1.29, 1.82) is 0 Å². The first kappa shape index (κ1) is 13.5. The van der Waals surface area contributed by atoms with Gasteiger partial charge in [0.1, 0.15) is 0 Å². The highest BCUT2D eigenvalue weighted by Gasteiger charge is 2.11. The fourth-order valence-corrected chi connectivity index (χ4v) is 2.85. The Hall–Kier alpha value is -3.13. The van der Waals surface area contributed by atoms with Gasteiger partial charge < -0.3 is 5.73 Å². The van der Waals surface area contributed by atoms with E-state index in [1.54, 1.807) is 0 Å². The summed E-state index contributed by atoms with van der Waals surface area (Å²) in [6, 6.07) is 28.7. The summed E-state index contributed by atoms with van der Waals surface area (Å²) >= 11 is 0. The van der Waals surface area contributed by atoms with E-state index in [1.165, 1.54) is 0 Å². The third-order valence-corrected chi connectivity index (χ3v) is 3.97. The SMILES string of the molecule is Nc1ccc2nc(-c3ccccc3)c(-c3ccccc3)cc2c1. The Labute approximate surface area is 135 Å². The first-order chi connectivity index (χ1) is 11.3. The van der Waals surface area contributed by atoms with Crippen LogP contribution >= 0.6 is 0 Å². The summed E-state index contributed by atoms with van der Waals surface area (Å²) in [7, 11) is 0. The zero-order valence-electron chi connectivity index (χ0n) is 12.6. The molecule has 0 aliphatic rings. The van der Waals surface area contributed by atoms with Gasteiger partial charge in [-0.05, 0) is 29.8 Å². The van der Waals surface area contributed by atoms with Gasteiger partial charge in [-0.1, -0.05) is 60.7 Å². The summed E-state index contributed by atoms with van der Waals surface area (Å²) in [6.07, 6.45) is 0. The average Bonchev–Trinajstić information content (AvgIpc) is 2.62. The lowest BCUT2D eigenvalue weighted by atomic mass is 9.97. The summed E-state index contributed by atoms with van der Waals surface area (Å²) in [5, 5.41) is 1.06. The zero-order valence-corrected chi connectivity index (χ0v) is 12.6. The minimum atomic E-state index is 0.755. The summed E-state index contributed by atoms with van der Waals surface area (Å²) < 4.78 is 0. The van der Waals surface area contributed by atoms with Crippen LogP contribution in [0, 0.1) is 0 Å². The second-order valence-corrected chi connectivity index (χ2v) is 5.57. The molecule has 110 valence electrons. The third-order valence-electron chi connectivity index (χ3n) is 3.97. The lowest BCUT2D eigenvalue weighted by molar-refractivity contribution is 1.39. The van der Waals surface area contributed by atoms with Gasteiger partial charge >= 0.3 is 0 Å². The molecule has 0 bridgehead atoms. The van der Waals surface area contributed by atoms with Crippen molar-refractivity contribution in [2.75, 3.05) is 5.73 Å². The molecule has 0 saturated heterocycles. The van der Waals surface area contributed by atoms with Gasteiger partial charge in [0, 0.05) is 22.2 Å². The van der Waals surface area contributed by atoms with Crippen molar-refractivity contribution < 1.29 is 0 Å². The fourth-order valence-electron chi connectivity index (χ4n) is 2.85. The molecular weight excluding hydrogens is 280 g/mol. The molecule has 0 saturated carbocycles. The van der Waals surface area contributed by atoms with E-state index < -0.39 is 0 Å². The van der Waals surface area contributed by atoms with Gasteiger partial charge in [0.15, 0.2) is 0 Å². The van der Waals surface area contributed by atoms with Crippen LogP contribution in [0.15, 0.2) is 84.9 Å². The number of nitrogen functional groups attached to an aromatic ring is 1. The number of rotatable bonds is 2. The van der Waals surface area contributed by atoms with Crippen LogP contribution in [0.1, 0.15) is 0 Å². The molecule has 3 aromatic carbocycles. The second kappa shape index (κ2) is 5.58. The Balaban J connectivity index is 2.04. The Morgan fingerprint density at radius 1 is 0.652 bits per heavy atom. The van der Waals surface area contributed by atoms with Crippen LogP contribution in [0.2, 0.25) is 0 Å². The quantitative estimate of drug-likeness (QED) is 0.519. The van der Waals surface area contributed by atoms with E-state index in [2.05, 4.69) is 30.3 Å². The van der Waals surface area contributed by atoms with Crippen molar-refractivity contribution in [2.45, 2.75) is 0 Å². The Morgan fingerprint density at radius 2 is 1.30 bits per heavy atom. The maximum atomic E-state index is 5.93. The van der Waals surface area contributed by atoms with Crippen LogP contribution in [-0.4, -0.2) is 4.98 Å². The molecule has 0 unspecified atom stereocenters. The first-order valence-corrected chi connectivity index (χ1v) is 7.62. The van der Waals surface area contributed by atoms with Gasteiger partial charge in [0.05, 0.1) is 11.2 Å². The molecule has 0 amide bonds. The average molecular weight is 296 g/mol. The largest absolute Gasteiger partial charge is 0.399 e.